The summed E-state index contributed by atoms with van der Waals surface area (Å²) in [5.41, 5.74) is 2.22. The molecule has 2 aromatic rings. The average Bonchev–Trinajstić information content (AvgIpc) is 2.56. The van der Waals surface area contributed by atoms with Crippen LogP contribution in [0.25, 0.3) is 10.8 Å². The molecule has 22 heavy (non-hydrogen) atoms. The molecule has 116 valence electrons. The molecule has 0 aliphatic heterocycles. The molecular formula is C19H22FNO. The largest absolute Gasteiger partial charge is 0.382 e. The molecule has 1 aliphatic rings. The van der Waals surface area contributed by atoms with Gasteiger partial charge in [0.15, 0.2) is 0 Å². The fraction of sp³-hybridized carbons (Fsp3) is 0.421. The molecule has 0 unspecified atom stereocenters. The van der Waals surface area contributed by atoms with Gasteiger partial charge in [-0.25, -0.2) is 4.39 Å². The fourth-order valence-corrected chi connectivity index (χ4v) is 3.39. The van der Waals surface area contributed by atoms with Gasteiger partial charge >= 0.3 is 0 Å². The van der Waals surface area contributed by atoms with Gasteiger partial charge in [0.25, 0.3) is 0 Å². The van der Waals surface area contributed by atoms with Crippen molar-refractivity contribution in [3.63, 3.8) is 0 Å². The average molecular weight is 299 g/mol. The number of hydrogen-bond acceptors (Lipinski definition) is 2. The Morgan fingerprint density at radius 1 is 1.18 bits per heavy atom. The van der Waals surface area contributed by atoms with Gasteiger partial charge in [0, 0.05) is 22.9 Å². The summed E-state index contributed by atoms with van der Waals surface area (Å²) >= 11 is 0. The summed E-state index contributed by atoms with van der Waals surface area (Å²) < 4.78 is 13.6. The summed E-state index contributed by atoms with van der Waals surface area (Å²) in [5.74, 6) is 0.803. The number of rotatable bonds is 4. The van der Waals surface area contributed by atoms with Crippen LogP contribution in [0.3, 0.4) is 0 Å². The van der Waals surface area contributed by atoms with E-state index < -0.39 is 6.67 Å². The highest BCUT2D eigenvalue weighted by Gasteiger charge is 2.19. The molecule has 0 amide bonds. The van der Waals surface area contributed by atoms with E-state index in [4.69, 9.17) is 0 Å². The molecule has 0 saturated heterocycles. The van der Waals surface area contributed by atoms with Gasteiger partial charge in [-0.2, -0.15) is 0 Å². The van der Waals surface area contributed by atoms with Gasteiger partial charge in [-0.3, -0.25) is 4.79 Å². The smallest absolute Gasteiger partial charge is 0.150 e. The number of anilines is 1. The lowest BCUT2D eigenvalue weighted by molar-refractivity contribution is 0.112. The molecule has 3 heteroatoms. The maximum atomic E-state index is 13.6. The van der Waals surface area contributed by atoms with Crippen LogP contribution in [0.5, 0.6) is 0 Å². The number of halogens is 1. The third kappa shape index (κ3) is 2.99. The first-order valence-electron chi connectivity index (χ1n) is 8.04. The van der Waals surface area contributed by atoms with Gasteiger partial charge in [0.05, 0.1) is 0 Å². The minimum absolute atomic E-state index is 0.438. The monoisotopic (exact) mass is 299 g/mol. The number of benzene rings is 2. The van der Waals surface area contributed by atoms with Crippen molar-refractivity contribution in [3.8, 4) is 0 Å². The van der Waals surface area contributed by atoms with Gasteiger partial charge in [-0.15, -0.1) is 0 Å². The van der Waals surface area contributed by atoms with E-state index in [0.717, 1.165) is 41.5 Å². The predicted octanol–water partition coefficient (Wildman–Crippen LogP) is 5.11. The molecule has 0 atom stereocenters. The van der Waals surface area contributed by atoms with Crippen molar-refractivity contribution in [2.24, 2.45) is 5.92 Å². The molecule has 0 radical (unpaired) electrons. The van der Waals surface area contributed by atoms with Crippen LogP contribution in [0.2, 0.25) is 0 Å². The topological polar surface area (TPSA) is 29.1 Å². The Morgan fingerprint density at radius 3 is 2.64 bits per heavy atom. The molecule has 1 N–H and O–H groups in total. The first-order chi connectivity index (χ1) is 10.7. The van der Waals surface area contributed by atoms with Gasteiger partial charge in [-0.05, 0) is 54.5 Å². The lowest BCUT2D eigenvalue weighted by Crippen LogP contribution is -2.25. The zero-order valence-corrected chi connectivity index (χ0v) is 12.9. The van der Waals surface area contributed by atoms with Crippen LogP contribution in [0.1, 0.15) is 48.5 Å². The van der Waals surface area contributed by atoms with Crippen molar-refractivity contribution in [3.05, 3.63) is 41.5 Å². The Hall–Kier alpha value is -1.90. The van der Waals surface area contributed by atoms with Crippen LogP contribution in [0.15, 0.2) is 30.3 Å². The lowest BCUT2D eigenvalue weighted by atomic mass is 9.87. The van der Waals surface area contributed by atoms with E-state index in [1.54, 1.807) is 6.07 Å². The minimum Gasteiger partial charge on any atom is -0.382 e. The highest BCUT2D eigenvalue weighted by atomic mass is 19.1. The molecule has 0 bridgehead atoms. The first-order valence-corrected chi connectivity index (χ1v) is 8.04. The zero-order valence-electron chi connectivity index (χ0n) is 12.9. The second-order valence-corrected chi connectivity index (χ2v) is 6.42. The summed E-state index contributed by atoms with van der Waals surface area (Å²) in [7, 11) is 0. The Bertz CT molecular complexity index is 674. The molecule has 2 aromatic carbocycles. The molecule has 2 nitrogen and oxygen atoms in total. The van der Waals surface area contributed by atoms with Crippen LogP contribution in [-0.4, -0.2) is 12.3 Å². The number of fused-ring (bicyclic) bond motifs is 1. The quantitative estimate of drug-likeness (QED) is 0.795. The minimum atomic E-state index is -0.497. The van der Waals surface area contributed by atoms with Crippen LogP contribution in [-0.2, 0) is 6.67 Å². The summed E-state index contributed by atoms with van der Waals surface area (Å²) in [5, 5.41) is 5.34. The number of nitrogens with one attached hydrogen (secondary N) is 1. The number of aldehydes is 1. The van der Waals surface area contributed by atoms with Gasteiger partial charge < -0.3 is 5.32 Å². The van der Waals surface area contributed by atoms with E-state index in [1.807, 2.05) is 24.3 Å². The maximum Gasteiger partial charge on any atom is 0.150 e. The molecule has 0 aromatic heterocycles. The number of carbonyl (C=O) groups excluding carboxylic acids is 1. The summed E-state index contributed by atoms with van der Waals surface area (Å²) in [4.78, 5) is 10.9. The molecular weight excluding hydrogens is 277 g/mol. The maximum absolute atomic E-state index is 13.6. The van der Waals surface area contributed by atoms with E-state index in [0.29, 0.717) is 17.2 Å². The van der Waals surface area contributed by atoms with Crippen molar-refractivity contribution >= 4 is 22.7 Å². The van der Waals surface area contributed by atoms with Crippen molar-refractivity contribution in [2.45, 2.75) is 45.3 Å². The Balaban J connectivity index is 1.91. The molecule has 0 heterocycles. The standard InChI is InChI=1S/C19H22FNO/c1-13-2-6-16(7-3-13)21-19-9-5-15-10-14(12-22)4-8-17(15)18(19)11-20/h4-5,8-10,12-13,16,21H,2-3,6-7,11H2,1H3. The normalized spacial score (nSPS) is 21.7. The van der Waals surface area contributed by atoms with Gasteiger partial charge in [0.2, 0.25) is 0 Å². The summed E-state index contributed by atoms with van der Waals surface area (Å²) in [6, 6.07) is 9.77. The Labute approximate surface area is 130 Å². The molecule has 1 fully saturated rings. The third-order valence-corrected chi connectivity index (χ3v) is 4.80. The summed E-state index contributed by atoms with van der Waals surface area (Å²) in [6.07, 6.45) is 5.59. The first kappa shape index (κ1) is 15.0. The SMILES string of the molecule is CC1CCC(Nc2ccc3cc(C=O)ccc3c2CF)CC1. The summed E-state index contributed by atoms with van der Waals surface area (Å²) in [6.45, 7) is 1.80. The van der Waals surface area contributed by atoms with Crippen LogP contribution < -0.4 is 5.32 Å². The van der Waals surface area contributed by atoms with Gasteiger partial charge in [0.1, 0.15) is 13.0 Å². The van der Waals surface area contributed by atoms with Crippen LogP contribution in [0.4, 0.5) is 10.1 Å². The van der Waals surface area contributed by atoms with Crippen molar-refractivity contribution in [2.75, 3.05) is 5.32 Å². The highest BCUT2D eigenvalue weighted by Crippen LogP contribution is 2.31. The van der Waals surface area contributed by atoms with Crippen molar-refractivity contribution in [1.29, 1.82) is 0 Å². The van der Waals surface area contributed by atoms with E-state index in [2.05, 4.69) is 12.2 Å². The number of hydrogen-bond donors (Lipinski definition) is 1. The third-order valence-electron chi connectivity index (χ3n) is 4.80. The van der Waals surface area contributed by atoms with E-state index in [1.165, 1.54) is 12.8 Å². The number of carbonyl (C=O) groups is 1. The molecule has 1 saturated carbocycles. The van der Waals surface area contributed by atoms with Crippen LogP contribution >= 0.6 is 0 Å². The van der Waals surface area contributed by atoms with E-state index in [9.17, 15) is 9.18 Å². The molecule has 0 spiro atoms. The second-order valence-electron chi connectivity index (χ2n) is 6.42. The molecule has 3 rings (SSSR count). The van der Waals surface area contributed by atoms with Crippen molar-refractivity contribution < 1.29 is 9.18 Å². The number of alkyl halides is 1. The lowest BCUT2D eigenvalue weighted by Gasteiger charge is -2.28. The Morgan fingerprint density at radius 2 is 1.95 bits per heavy atom. The van der Waals surface area contributed by atoms with Crippen molar-refractivity contribution in [1.82, 2.24) is 0 Å². The second kappa shape index (κ2) is 6.47. The van der Waals surface area contributed by atoms with Gasteiger partial charge in [-0.1, -0.05) is 25.1 Å². The molecule has 1 aliphatic carbocycles. The predicted molar refractivity (Wildman–Crippen MR) is 89.2 cm³/mol. The van der Waals surface area contributed by atoms with E-state index in [-0.39, 0.29) is 0 Å². The fourth-order valence-electron chi connectivity index (χ4n) is 3.39. The zero-order chi connectivity index (χ0) is 15.5. The highest BCUT2D eigenvalue weighted by molar-refractivity contribution is 5.93. The van der Waals surface area contributed by atoms with Crippen LogP contribution in [0, 0.1) is 5.92 Å². The Kier molecular flexibility index (Phi) is 4.41. The van der Waals surface area contributed by atoms with E-state index >= 15 is 0 Å².